The molecule has 0 N–H and O–H groups in total. The summed E-state index contributed by atoms with van der Waals surface area (Å²) in [5.41, 5.74) is 2.42. The molecule has 1 nitrogen and oxygen atoms in total. The Morgan fingerprint density at radius 2 is 2.00 bits per heavy atom. The van der Waals surface area contributed by atoms with Crippen LogP contribution in [-0.4, -0.2) is 18.5 Å². The first-order valence-corrected chi connectivity index (χ1v) is 10.4. The smallest absolute Gasteiger partial charge is 0.127 e. The minimum absolute atomic E-state index is 0.0579. The maximum Gasteiger partial charge on any atom is 0.127 e. The van der Waals surface area contributed by atoms with Gasteiger partial charge in [-0.15, -0.1) is 0 Å². The van der Waals surface area contributed by atoms with Gasteiger partial charge < -0.3 is 4.90 Å². The second-order valence-electron chi connectivity index (χ2n) is 9.74. The molecule has 2 heteroatoms. The lowest BCUT2D eigenvalue weighted by atomic mass is 9.55. The second-order valence-corrected chi connectivity index (χ2v) is 9.74. The average molecular weight is 358 g/mol. The van der Waals surface area contributed by atoms with Crippen LogP contribution in [0.2, 0.25) is 0 Å². The first-order valence-electron chi connectivity index (χ1n) is 10.4. The van der Waals surface area contributed by atoms with Crippen molar-refractivity contribution in [2.45, 2.75) is 72.3 Å². The minimum atomic E-state index is -0.0579. The van der Waals surface area contributed by atoms with Crippen LogP contribution in [0.3, 0.4) is 0 Å². The third-order valence-corrected chi connectivity index (χ3v) is 7.23. The van der Waals surface area contributed by atoms with Crippen molar-refractivity contribution in [2.24, 2.45) is 16.7 Å². The van der Waals surface area contributed by atoms with Crippen LogP contribution in [-0.2, 0) is 6.54 Å². The zero-order chi connectivity index (χ0) is 18.9. The maximum atomic E-state index is 14.5. The van der Waals surface area contributed by atoms with E-state index >= 15 is 0 Å². The number of allylic oxidation sites excluding steroid dienone is 2. The molecular weight excluding hydrogens is 321 g/mol. The van der Waals surface area contributed by atoms with E-state index in [0.29, 0.717) is 12.5 Å². The third-order valence-electron chi connectivity index (χ3n) is 7.23. The van der Waals surface area contributed by atoms with Crippen LogP contribution in [0.25, 0.3) is 0 Å². The second kappa shape index (κ2) is 7.46. The number of hydrogen-bond acceptors (Lipinski definition) is 1. The normalized spacial score (nSPS) is 31.5. The van der Waals surface area contributed by atoms with E-state index in [2.05, 4.69) is 57.9 Å². The zero-order valence-electron chi connectivity index (χ0n) is 17.3. The van der Waals surface area contributed by atoms with Crippen molar-refractivity contribution in [3.8, 4) is 0 Å². The molecule has 1 saturated carbocycles. The van der Waals surface area contributed by atoms with E-state index in [0.717, 1.165) is 23.6 Å². The summed E-state index contributed by atoms with van der Waals surface area (Å²) in [6.07, 6.45) is 11.4. The molecule has 1 aromatic rings. The van der Waals surface area contributed by atoms with Gasteiger partial charge in [0.2, 0.25) is 0 Å². The van der Waals surface area contributed by atoms with Gasteiger partial charge in [-0.1, -0.05) is 52.0 Å². The van der Waals surface area contributed by atoms with E-state index in [1.807, 2.05) is 6.07 Å². The number of rotatable bonds is 5. The Balaban J connectivity index is 1.72. The Morgan fingerprint density at radius 1 is 1.23 bits per heavy atom. The van der Waals surface area contributed by atoms with Crippen LogP contribution < -0.4 is 0 Å². The standard InChI is InChI=1S/C24H36FN/c1-18(2)20-9-10-21(22(25)14-20)16-26(5)17-24(4)13-11-19-8-6-7-12-23(24,3)15-19/h7,9-10,12,14,18-19H,6,8,11,13,15-17H2,1-5H3. The van der Waals surface area contributed by atoms with Gasteiger partial charge in [-0.25, -0.2) is 4.39 Å². The van der Waals surface area contributed by atoms with Crippen molar-refractivity contribution >= 4 is 0 Å². The highest BCUT2D eigenvalue weighted by Crippen LogP contribution is 2.55. The molecule has 3 rings (SSSR count). The highest BCUT2D eigenvalue weighted by molar-refractivity contribution is 5.26. The van der Waals surface area contributed by atoms with Gasteiger partial charge in [-0.3, -0.25) is 0 Å². The van der Waals surface area contributed by atoms with Crippen LogP contribution in [0.5, 0.6) is 0 Å². The summed E-state index contributed by atoms with van der Waals surface area (Å²) in [5, 5.41) is 0. The molecule has 1 fully saturated rings. The van der Waals surface area contributed by atoms with Gasteiger partial charge in [0, 0.05) is 18.7 Å². The van der Waals surface area contributed by atoms with Gasteiger partial charge in [0.05, 0.1) is 0 Å². The summed E-state index contributed by atoms with van der Waals surface area (Å²) in [4.78, 5) is 2.33. The molecule has 0 amide bonds. The van der Waals surface area contributed by atoms with E-state index in [4.69, 9.17) is 0 Å². The first kappa shape index (κ1) is 19.6. The summed E-state index contributed by atoms with van der Waals surface area (Å²) in [6.45, 7) is 10.8. The van der Waals surface area contributed by atoms with Crippen LogP contribution in [0.15, 0.2) is 30.4 Å². The van der Waals surface area contributed by atoms with Crippen molar-refractivity contribution in [2.75, 3.05) is 13.6 Å². The highest BCUT2D eigenvalue weighted by Gasteiger charge is 2.48. The average Bonchev–Trinajstić information content (AvgIpc) is 2.74. The van der Waals surface area contributed by atoms with Crippen molar-refractivity contribution in [1.29, 1.82) is 0 Å². The molecule has 0 saturated heterocycles. The molecule has 1 aromatic carbocycles. The van der Waals surface area contributed by atoms with Crippen LogP contribution in [0.4, 0.5) is 4.39 Å². The molecule has 0 aliphatic heterocycles. The highest BCUT2D eigenvalue weighted by atomic mass is 19.1. The van der Waals surface area contributed by atoms with Crippen molar-refractivity contribution in [3.05, 3.63) is 47.3 Å². The molecule has 0 spiro atoms. The lowest BCUT2D eigenvalue weighted by Gasteiger charge is -2.52. The SMILES string of the molecule is CC(C)c1ccc(CN(C)CC2(C)CCC3CCC=CC2(C)C3)c(F)c1. The molecule has 0 aromatic heterocycles. The molecule has 0 heterocycles. The fraction of sp³-hybridized carbons (Fsp3) is 0.667. The Kier molecular flexibility index (Phi) is 5.63. The summed E-state index contributed by atoms with van der Waals surface area (Å²) >= 11 is 0. The molecule has 3 unspecified atom stereocenters. The predicted octanol–water partition coefficient (Wildman–Crippen LogP) is 6.54. The maximum absolute atomic E-state index is 14.5. The van der Waals surface area contributed by atoms with Gasteiger partial charge in [-0.05, 0) is 73.4 Å². The van der Waals surface area contributed by atoms with Gasteiger partial charge >= 0.3 is 0 Å². The van der Waals surface area contributed by atoms with Crippen LogP contribution in [0, 0.1) is 22.6 Å². The Morgan fingerprint density at radius 3 is 2.69 bits per heavy atom. The van der Waals surface area contributed by atoms with Crippen molar-refractivity contribution in [3.63, 3.8) is 0 Å². The molecule has 2 bridgehead atoms. The fourth-order valence-corrected chi connectivity index (χ4v) is 5.20. The van der Waals surface area contributed by atoms with E-state index < -0.39 is 0 Å². The van der Waals surface area contributed by atoms with Crippen molar-refractivity contribution in [1.82, 2.24) is 4.90 Å². The lowest BCUT2D eigenvalue weighted by Crippen LogP contribution is -2.48. The van der Waals surface area contributed by atoms with E-state index in [1.54, 1.807) is 6.07 Å². The Hall–Kier alpha value is -1.15. The molecule has 2 aliphatic rings. The zero-order valence-corrected chi connectivity index (χ0v) is 17.3. The van der Waals surface area contributed by atoms with Gasteiger partial charge in [0.15, 0.2) is 0 Å². The molecule has 2 aliphatic carbocycles. The summed E-state index contributed by atoms with van der Waals surface area (Å²) in [7, 11) is 2.15. The molecule has 0 radical (unpaired) electrons. The van der Waals surface area contributed by atoms with Gasteiger partial charge in [0.25, 0.3) is 0 Å². The Labute approximate surface area is 159 Å². The molecule has 26 heavy (non-hydrogen) atoms. The number of fused-ring (bicyclic) bond motifs is 2. The molecule has 144 valence electrons. The number of benzene rings is 1. The van der Waals surface area contributed by atoms with E-state index in [1.165, 1.54) is 32.1 Å². The van der Waals surface area contributed by atoms with Gasteiger partial charge in [-0.2, -0.15) is 0 Å². The lowest BCUT2D eigenvalue weighted by molar-refractivity contribution is 0.00212. The summed E-state index contributed by atoms with van der Waals surface area (Å²) in [6, 6.07) is 5.78. The largest absolute Gasteiger partial charge is 0.301 e. The van der Waals surface area contributed by atoms with Crippen LogP contribution in [0.1, 0.15) is 76.8 Å². The molecule has 3 atom stereocenters. The number of hydrogen-bond donors (Lipinski definition) is 0. The fourth-order valence-electron chi connectivity index (χ4n) is 5.20. The monoisotopic (exact) mass is 357 g/mol. The first-order chi connectivity index (χ1) is 12.2. The van der Waals surface area contributed by atoms with Crippen LogP contribution >= 0.6 is 0 Å². The molecular formula is C24H36FN. The predicted molar refractivity (Wildman–Crippen MR) is 109 cm³/mol. The van der Waals surface area contributed by atoms with E-state index in [-0.39, 0.29) is 16.6 Å². The summed E-state index contributed by atoms with van der Waals surface area (Å²) < 4.78 is 14.5. The van der Waals surface area contributed by atoms with E-state index in [9.17, 15) is 4.39 Å². The number of nitrogens with zero attached hydrogens (tertiary/aromatic N) is 1. The van der Waals surface area contributed by atoms with Crippen molar-refractivity contribution < 1.29 is 4.39 Å². The number of halogens is 1. The minimum Gasteiger partial charge on any atom is -0.301 e. The third kappa shape index (κ3) is 3.91. The van der Waals surface area contributed by atoms with Gasteiger partial charge in [0.1, 0.15) is 5.82 Å². The summed E-state index contributed by atoms with van der Waals surface area (Å²) in [5.74, 6) is 1.19. The topological polar surface area (TPSA) is 3.24 Å². The Bertz CT molecular complexity index is 664. The quantitative estimate of drug-likeness (QED) is 0.541.